The van der Waals surface area contributed by atoms with E-state index in [2.05, 4.69) is 10.0 Å². The van der Waals surface area contributed by atoms with Crippen LogP contribution < -0.4 is 10.0 Å². The fourth-order valence-electron chi connectivity index (χ4n) is 1.07. The minimum Gasteiger partial charge on any atom is -0.480 e. The molecule has 0 rings (SSSR count). The lowest BCUT2D eigenvalue weighted by molar-refractivity contribution is -0.141. The third kappa shape index (κ3) is 6.90. The summed E-state index contributed by atoms with van der Waals surface area (Å²) in [7, 11) is -3.44. The van der Waals surface area contributed by atoms with Gasteiger partial charge in [-0.2, -0.15) is 0 Å². The highest BCUT2D eigenvalue weighted by Crippen LogP contribution is 1.96. The summed E-state index contributed by atoms with van der Waals surface area (Å²) in [6, 6.07) is -0.973. The second-order valence-corrected chi connectivity index (χ2v) is 5.57. The van der Waals surface area contributed by atoms with Crippen molar-refractivity contribution in [1.82, 2.24) is 10.0 Å². The lowest BCUT2D eigenvalue weighted by Crippen LogP contribution is -2.45. The van der Waals surface area contributed by atoms with Gasteiger partial charge in [-0.15, -0.1) is 0 Å². The summed E-state index contributed by atoms with van der Waals surface area (Å²) in [6.07, 6.45) is 0.916. The Balaban J connectivity index is 4.20. The molecule has 8 heteroatoms. The van der Waals surface area contributed by atoms with Gasteiger partial charge in [0.1, 0.15) is 6.04 Å². The van der Waals surface area contributed by atoms with E-state index in [0.717, 1.165) is 0 Å². The molecular weight excluding hydrogens is 248 g/mol. The average molecular weight is 266 g/mol. The van der Waals surface area contributed by atoms with Crippen LogP contribution in [0.1, 0.15) is 26.7 Å². The Labute approximate surface area is 101 Å². The molecular formula is C9H18N2O5S. The van der Waals surface area contributed by atoms with Crippen LogP contribution in [0.4, 0.5) is 0 Å². The summed E-state index contributed by atoms with van der Waals surface area (Å²) in [4.78, 5) is 22.0. The van der Waals surface area contributed by atoms with Crippen LogP contribution in [0.5, 0.6) is 0 Å². The maximum atomic E-state index is 11.3. The first-order valence-electron chi connectivity index (χ1n) is 5.31. The van der Waals surface area contributed by atoms with Crippen LogP contribution in [0, 0.1) is 0 Å². The quantitative estimate of drug-likeness (QED) is 0.537. The lowest BCUT2D eigenvalue weighted by atomic mass is 10.2. The van der Waals surface area contributed by atoms with Gasteiger partial charge < -0.3 is 10.4 Å². The highest BCUT2D eigenvalue weighted by atomic mass is 32.2. The van der Waals surface area contributed by atoms with E-state index in [1.165, 1.54) is 6.92 Å². The van der Waals surface area contributed by atoms with Crippen molar-refractivity contribution in [2.24, 2.45) is 0 Å². The number of carboxylic acids is 1. The summed E-state index contributed by atoms with van der Waals surface area (Å²) in [5, 5.41) is 11.0. The van der Waals surface area contributed by atoms with Crippen molar-refractivity contribution in [2.45, 2.75) is 32.7 Å². The minimum absolute atomic E-state index is 0.127. The number of sulfonamides is 1. The molecule has 0 aliphatic rings. The molecule has 0 radical (unpaired) electrons. The molecule has 0 bridgehead atoms. The second-order valence-electron chi connectivity index (χ2n) is 3.47. The first-order valence-corrected chi connectivity index (χ1v) is 6.97. The number of rotatable bonds is 8. The molecule has 0 aliphatic carbocycles. The number of aliphatic carboxylic acids is 1. The highest BCUT2D eigenvalue weighted by molar-refractivity contribution is 7.89. The van der Waals surface area contributed by atoms with Gasteiger partial charge in [0.15, 0.2) is 0 Å². The zero-order valence-electron chi connectivity index (χ0n) is 9.89. The number of hydrogen-bond acceptors (Lipinski definition) is 4. The van der Waals surface area contributed by atoms with Crippen LogP contribution in [0.15, 0.2) is 0 Å². The van der Waals surface area contributed by atoms with E-state index in [1.807, 2.05) is 0 Å². The van der Waals surface area contributed by atoms with Crippen LogP contribution >= 0.6 is 0 Å². The average Bonchev–Trinajstić information content (AvgIpc) is 2.26. The van der Waals surface area contributed by atoms with E-state index in [1.54, 1.807) is 6.92 Å². The first kappa shape index (κ1) is 15.9. The molecule has 0 aromatic carbocycles. The summed E-state index contributed by atoms with van der Waals surface area (Å²) < 4.78 is 24.1. The first-order chi connectivity index (χ1) is 7.82. The minimum atomic E-state index is -3.44. The predicted molar refractivity (Wildman–Crippen MR) is 61.9 cm³/mol. The largest absolute Gasteiger partial charge is 0.480 e. The van der Waals surface area contributed by atoms with Crippen molar-refractivity contribution in [3.8, 4) is 0 Å². The monoisotopic (exact) mass is 266 g/mol. The number of nitrogens with one attached hydrogen (secondary N) is 2. The van der Waals surface area contributed by atoms with Gasteiger partial charge in [0, 0.05) is 0 Å². The molecule has 1 atom stereocenters. The molecule has 1 amide bonds. The van der Waals surface area contributed by atoms with Crippen LogP contribution in [0.2, 0.25) is 0 Å². The Bertz CT molecular complexity index is 366. The van der Waals surface area contributed by atoms with Crippen molar-refractivity contribution in [3.05, 3.63) is 0 Å². The van der Waals surface area contributed by atoms with E-state index < -0.39 is 34.5 Å². The van der Waals surface area contributed by atoms with Crippen molar-refractivity contribution in [2.75, 3.05) is 12.3 Å². The number of carboxylic acid groups (broad SMARTS) is 1. The zero-order chi connectivity index (χ0) is 13.5. The van der Waals surface area contributed by atoms with Crippen LogP contribution in [0.25, 0.3) is 0 Å². The third-order valence-corrected chi connectivity index (χ3v) is 3.39. The van der Waals surface area contributed by atoms with Crippen molar-refractivity contribution in [3.63, 3.8) is 0 Å². The second kappa shape index (κ2) is 7.23. The predicted octanol–water partition coefficient (Wildman–Crippen LogP) is -0.705. The van der Waals surface area contributed by atoms with Crippen LogP contribution in [0.3, 0.4) is 0 Å². The van der Waals surface area contributed by atoms with Gasteiger partial charge in [0.25, 0.3) is 0 Å². The Kier molecular flexibility index (Phi) is 6.74. The van der Waals surface area contributed by atoms with E-state index in [-0.39, 0.29) is 5.75 Å². The van der Waals surface area contributed by atoms with Crippen LogP contribution in [-0.4, -0.2) is 43.7 Å². The summed E-state index contributed by atoms with van der Waals surface area (Å²) in [5.41, 5.74) is 0. The smallest absolute Gasteiger partial charge is 0.326 e. The molecule has 100 valence electrons. The molecule has 7 nitrogen and oxygen atoms in total. The topological polar surface area (TPSA) is 113 Å². The van der Waals surface area contributed by atoms with Crippen molar-refractivity contribution in [1.29, 1.82) is 0 Å². The van der Waals surface area contributed by atoms with Crippen molar-refractivity contribution < 1.29 is 23.1 Å². The van der Waals surface area contributed by atoms with E-state index >= 15 is 0 Å². The zero-order valence-corrected chi connectivity index (χ0v) is 10.7. The van der Waals surface area contributed by atoms with Gasteiger partial charge in [0.2, 0.25) is 15.9 Å². The number of carbonyl (C=O) groups excluding carboxylic acids is 1. The number of carbonyl (C=O) groups is 2. The molecule has 0 aromatic heterocycles. The normalized spacial score (nSPS) is 13.1. The van der Waals surface area contributed by atoms with Gasteiger partial charge in [0.05, 0.1) is 12.3 Å². The molecule has 0 spiro atoms. The molecule has 0 saturated heterocycles. The van der Waals surface area contributed by atoms with E-state index in [0.29, 0.717) is 12.8 Å². The third-order valence-electron chi connectivity index (χ3n) is 2.04. The van der Waals surface area contributed by atoms with E-state index in [4.69, 9.17) is 5.11 Å². The SMILES string of the molecule is CCCC(NC(=O)CNS(=O)(=O)CC)C(=O)O. The molecule has 1 unspecified atom stereocenters. The standard InChI is InChI=1S/C9H18N2O5S/c1-3-5-7(9(13)14)11-8(12)6-10-17(15,16)4-2/h7,10H,3-6H2,1-2H3,(H,11,12)(H,13,14). The summed E-state index contributed by atoms with van der Waals surface area (Å²) >= 11 is 0. The van der Waals surface area contributed by atoms with Gasteiger partial charge in [-0.1, -0.05) is 13.3 Å². The molecule has 0 aromatic rings. The van der Waals surface area contributed by atoms with Crippen molar-refractivity contribution >= 4 is 21.9 Å². The Morgan fingerprint density at radius 1 is 1.29 bits per heavy atom. The van der Waals surface area contributed by atoms with Gasteiger partial charge >= 0.3 is 5.97 Å². The molecule has 3 N–H and O–H groups in total. The van der Waals surface area contributed by atoms with Gasteiger partial charge in [-0.05, 0) is 13.3 Å². The lowest BCUT2D eigenvalue weighted by Gasteiger charge is -2.13. The highest BCUT2D eigenvalue weighted by Gasteiger charge is 2.19. The molecule has 0 fully saturated rings. The van der Waals surface area contributed by atoms with Gasteiger partial charge in [-0.25, -0.2) is 17.9 Å². The Morgan fingerprint density at radius 2 is 1.88 bits per heavy atom. The fourth-order valence-corrected chi connectivity index (χ4v) is 1.62. The molecule has 0 heterocycles. The maximum Gasteiger partial charge on any atom is 0.326 e. The summed E-state index contributed by atoms with van der Waals surface area (Å²) in [5.74, 6) is -1.90. The maximum absolute atomic E-state index is 11.3. The molecule has 0 aliphatic heterocycles. The van der Waals surface area contributed by atoms with Crippen LogP contribution in [-0.2, 0) is 19.6 Å². The number of amides is 1. The number of hydrogen-bond donors (Lipinski definition) is 3. The fraction of sp³-hybridized carbons (Fsp3) is 0.778. The summed E-state index contributed by atoms with van der Waals surface area (Å²) in [6.45, 7) is 2.79. The molecule has 17 heavy (non-hydrogen) atoms. The Hall–Kier alpha value is -1.15. The van der Waals surface area contributed by atoms with E-state index in [9.17, 15) is 18.0 Å². The Morgan fingerprint density at radius 3 is 2.29 bits per heavy atom. The molecule has 0 saturated carbocycles. The van der Waals surface area contributed by atoms with Gasteiger partial charge in [-0.3, -0.25) is 4.79 Å².